The topological polar surface area (TPSA) is 29.5 Å². The van der Waals surface area contributed by atoms with Gasteiger partial charge in [0.25, 0.3) is 0 Å². The zero-order chi connectivity index (χ0) is 14.7. The molecule has 0 radical (unpaired) electrons. The molecule has 0 saturated carbocycles. The molecule has 0 spiro atoms. The highest BCUT2D eigenvalue weighted by molar-refractivity contribution is 6.42. The molecule has 0 heterocycles. The van der Waals surface area contributed by atoms with Crippen molar-refractivity contribution in [1.82, 2.24) is 0 Å². The molecule has 0 aliphatic rings. The van der Waals surface area contributed by atoms with Gasteiger partial charge < -0.3 is 9.84 Å². The fraction of sp³-hybridized carbons (Fsp3) is 0.200. The van der Waals surface area contributed by atoms with Gasteiger partial charge in [0.05, 0.1) is 16.1 Å². The summed E-state index contributed by atoms with van der Waals surface area (Å²) in [6.07, 6.45) is -0.655. The zero-order valence-electron chi connectivity index (χ0n) is 10.7. The molecule has 0 aliphatic heterocycles. The molecular weight excluding hydrogens is 319 g/mol. The number of hydrogen-bond acceptors (Lipinski definition) is 2. The molecule has 5 heteroatoms. The van der Waals surface area contributed by atoms with Crippen LogP contribution in [0.1, 0.15) is 24.2 Å². The van der Waals surface area contributed by atoms with Crippen LogP contribution in [0.15, 0.2) is 36.4 Å². The second-order valence-corrected chi connectivity index (χ2v) is 5.65. The highest BCUT2D eigenvalue weighted by Gasteiger charge is 2.10. The van der Waals surface area contributed by atoms with Gasteiger partial charge in [0.2, 0.25) is 0 Å². The normalized spacial score (nSPS) is 12.2. The zero-order valence-corrected chi connectivity index (χ0v) is 13.0. The summed E-state index contributed by atoms with van der Waals surface area (Å²) in [7, 11) is 0. The fourth-order valence-electron chi connectivity index (χ4n) is 1.77. The molecule has 0 saturated heterocycles. The van der Waals surface area contributed by atoms with Crippen molar-refractivity contribution >= 4 is 34.8 Å². The average Bonchev–Trinajstić information content (AvgIpc) is 2.41. The van der Waals surface area contributed by atoms with Gasteiger partial charge in [-0.3, -0.25) is 0 Å². The van der Waals surface area contributed by atoms with Gasteiger partial charge in [-0.25, -0.2) is 0 Å². The third-order valence-electron chi connectivity index (χ3n) is 2.80. The van der Waals surface area contributed by atoms with Crippen LogP contribution in [-0.4, -0.2) is 5.11 Å². The second-order valence-electron chi connectivity index (χ2n) is 4.40. The van der Waals surface area contributed by atoms with Crippen molar-refractivity contribution in [2.45, 2.75) is 19.6 Å². The molecule has 106 valence electrons. The summed E-state index contributed by atoms with van der Waals surface area (Å²) < 4.78 is 5.71. The van der Waals surface area contributed by atoms with E-state index in [9.17, 15) is 5.11 Å². The number of halogens is 3. The predicted octanol–water partition coefficient (Wildman–Crippen LogP) is 5.28. The molecule has 2 nitrogen and oxygen atoms in total. The Morgan fingerprint density at radius 1 is 1.05 bits per heavy atom. The van der Waals surface area contributed by atoms with E-state index in [4.69, 9.17) is 39.5 Å². The second kappa shape index (κ2) is 6.68. The van der Waals surface area contributed by atoms with E-state index >= 15 is 0 Å². The molecule has 0 aliphatic carbocycles. The quantitative estimate of drug-likeness (QED) is 0.826. The Bertz CT molecular complexity index is 612. The standard InChI is InChI=1S/C15H13Cl3O2/c1-9(19)12-7-11(16)3-5-15(12)20-8-10-2-4-13(17)14(18)6-10/h2-7,9,19H,8H2,1H3. The minimum absolute atomic E-state index is 0.332. The summed E-state index contributed by atoms with van der Waals surface area (Å²) >= 11 is 17.7. The SMILES string of the molecule is CC(O)c1cc(Cl)ccc1OCc1ccc(Cl)c(Cl)c1. The molecule has 0 fully saturated rings. The molecule has 20 heavy (non-hydrogen) atoms. The molecule has 2 aromatic carbocycles. The Labute approximate surface area is 132 Å². The van der Waals surface area contributed by atoms with Crippen LogP contribution in [0.4, 0.5) is 0 Å². The summed E-state index contributed by atoms with van der Waals surface area (Å²) in [5.41, 5.74) is 1.54. The van der Waals surface area contributed by atoms with Crippen molar-refractivity contribution in [3.8, 4) is 5.75 Å². The first-order valence-electron chi connectivity index (χ1n) is 6.01. The van der Waals surface area contributed by atoms with E-state index in [0.29, 0.717) is 33.0 Å². The highest BCUT2D eigenvalue weighted by Crippen LogP contribution is 2.29. The van der Waals surface area contributed by atoms with Crippen molar-refractivity contribution in [3.05, 3.63) is 62.6 Å². The Kier molecular flexibility index (Phi) is 5.17. The number of aliphatic hydroxyl groups excluding tert-OH is 1. The summed E-state index contributed by atoms with van der Waals surface area (Å²) in [5.74, 6) is 0.593. The lowest BCUT2D eigenvalue weighted by Crippen LogP contribution is -2.01. The largest absolute Gasteiger partial charge is 0.489 e. The number of ether oxygens (including phenoxy) is 1. The van der Waals surface area contributed by atoms with E-state index < -0.39 is 6.10 Å². The maximum atomic E-state index is 9.73. The Hall–Kier alpha value is -0.930. The van der Waals surface area contributed by atoms with Gasteiger partial charge in [0.1, 0.15) is 12.4 Å². The van der Waals surface area contributed by atoms with Crippen molar-refractivity contribution in [1.29, 1.82) is 0 Å². The van der Waals surface area contributed by atoms with E-state index in [-0.39, 0.29) is 0 Å². The van der Waals surface area contributed by atoms with E-state index in [1.807, 2.05) is 6.07 Å². The smallest absolute Gasteiger partial charge is 0.125 e. The summed E-state index contributed by atoms with van der Waals surface area (Å²) in [6, 6.07) is 10.5. The minimum atomic E-state index is -0.655. The number of hydrogen-bond donors (Lipinski definition) is 1. The highest BCUT2D eigenvalue weighted by atomic mass is 35.5. The van der Waals surface area contributed by atoms with Crippen molar-refractivity contribution in [3.63, 3.8) is 0 Å². The van der Waals surface area contributed by atoms with Crippen LogP contribution >= 0.6 is 34.8 Å². The van der Waals surface area contributed by atoms with Crippen LogP contribution in [0.3, 0.4) is 0 Å². The molecule has 2 rings (SSSR count). The summed E-state index contributed by atoms with van der Waals surface area (Å²) in [6.45, 7) is 2.00. The molecule has 2 aromatic rings. The lowest BCUT2D eigenvalue weighted by atomic mass is 10.1. The molecule has 1 unspecified atom stereocenters. The van der Waals surface area contributed by atoms with Crippen molar-refractivity contribution in [2.75, 3.05) is 0 Å². The maximum absolute atomic E-state index is 9.73. The number of rotatable bonds is 4. The van der Waals surface area contributed by atoms with Gasteiger partial charge in [-0.05, 0) is 42.8 Å². The van der Waals surface area contributed by atoms with E-state index in [1.165, 1.54) is 0 Å². The van der Waals surface area contributed by atoms with E-state index in [1.54, 1.807) is 37.3 Å². The molecule has 0 amide bonds. The molecule has 0 bridgehead atoms. The minimum Gasteiger partial charge on any atom is -0.489 e. The summed E-state index contributed by atoms with van der Waals surface area (Å²) in [4.78, 5) is 0. The monoisotopic (exact) mass is 330 g/mol. The van der Waals surface area contributed by atoms with Crippen molar-refractivity contribution in [2.24, 2.45) is 0 Å². The lowest BCUT2D eigenvalue weighted by Gasteiger charge is -2.14. The van der Waals surface area contributed by atoms with Gasteiger partial charge in [-0.2, -0.15) is 0 Å². The maximum Gasteiger partial charge on any atom is 0.125 e. The summed E-state index contributed by atoms with van der Waals surface area (Å²) in [5, 5.41) is 11.3. The van der Waals surface area contributed by atoms with E-state index in [0.717, 1.165) is 5.56 Å². The first-order valence-corrected chi connectivity index (χ1v) is 7.15. The van der Waals surface area contributed by atoms with Gasteiger partial charge in [0, 0.05) is 10.6 Å². The van der Waals surface area contributed by atoms with Crippen molar-refractivity contribution < 1.29 is 9.84 Å². The first kappa shape index (κ1) is 15.5. The number of aliphatic hydroxyl groups is 1. The van der Waals surface area contributed by atoms with E-state index in [2.05, 4.69) is 0 Å². The predicted molar refractivity (Wildman–Crippen MR) is 82.9 cm³/mol. The van der Waals surface area contributed by atoms with Crippen LogP contribution in [0, 0.1) is 0 Å². The first-order chi connectivity index (χ1) is 9.47. The van der Waals surface area contributed by atoms with Gasteiger partial charge in [0.15, 0.2) is 0 Å². The van der Waals surface area contributed by atoms with Gasteiger partial charge >= 0.3 is 0 Å². The molecule has 0 aromatic heterocycles. The fourth-order valence-corrected chi connectivity index (χ4v) is 2.27. The Morgan fingerprint density at radius 2 is 1.80 bits per heavy atom. The Morgan fingerprint density at radius 3 is 2.45 bits per heavy atom. The van der Waals surface area contributed by atoms with Crippen LogP contribution in [-0.2, 0) is 6.61 Å². The van der Waals surface area contributed by atoms with Crippen LogP contribution in [0.2, 0.25) is 15.1 Å². The number of benzene rings is 2. The van der Waals surface area contributed by atoms with Gasteiger partial charge in [-0.15, -0.1) is 0 Å². The third kappa shape index (κ3) is 3.80. The third-order valence-corrected chi connectivity index (χ3v) is 3.77. The molecular formula is C15H13Cl3O2. The van der Waals surface area contributed by atoms with Crippen LogP contribution in [0.25, 0.3) is 0 Å². The molecule has 1 N–H and O–H groups in total. The lowest BCUT2D eigenvalue weighted by molar-refractivity contribution is 0.190. The van der Waals surface area contributed by atoms with Gasteiger partial charge in [-0.1, -0.05) is 40.9 Å². The Balaban J connectivity index is 2.16. The molecule has 1 atom stereocenters. The average molecular weight is 332 g/mol. The van der Waals surface area contributed by atoms with Crippen LogP contribution in [0.5, 0.6) is 5.75 Å². The van der Waals surface area contributed by atoms with Crippen LogP contribution < -0.4 is 4.74 Å².